The Bertz CT molecular complexity index is 1240. The summed E-state index contributed by atoms with van der Waals surface area (Å²) in [5, 5.41) is 9.79. The molecule has 0 radical (unpaired) electrons. The largest absolute Gasteiger partial charge is 0.346 e. The van der Waals surface area contributed by atoms with E-state index in [9.17, 15) is 4.79 Å². The molecular weight excluding hydrogens is 433 g/mol. The molecule has 4 aromatic rings. The van der Waals surface area contributed by atoms with E-state index in [0.29, 0.717) is 29.4 Å². The quantitative estimate of drug-likeness (QED) is 0.412. The van der Waals surface area contributed by atoms with E-state index in [0.717, 1.165) is 45.5 Å². The molecule has 6 nitrogen and oxygen atoms in total. The average Bonchev–Trinajstić information content (AvgIpc) is 3.31. The van der Waals surface area contributed by atoms with Crippen LogP contribution in [0.2, 0.25) is 10.0 Å². The summed E-state index contributed by atoms with van der Waals surface area (Å²) in [4.78, 5) is 20.4. The topological polar surface area (TPSA) is 75.6 Å². The Kier molecular flexibility index (Phi) is 6.30. The zero-order chi connectivity index (χ0) is 22.0. The molecule has 0 aliphatic rings. The van der Waals surface area contributed by atoms with Gasteiger partial charge in [0.2, 0.25) is 0 Å². The number of fused-ring (bicyclic) bond motifs is 1. The van der Waals surface area contributed by atoms with Crippen molar-refractivity contribution in [3.05, 3.63) is 80.8 Å². The van der Waals surface area contributed by atoms with Gasteiger partial charge in [0.05, 0.1) is 5.69 Å². The molecule has 0 aliphatic carbocycles. The third-order valence-corrected chi connectivity index (χ3v) is 6.03. The number of nitrogens with zero attached hydrogens (tertiary/aromatic N) is 3. The normalized spacial score (nSPS) is 11.2. The molecular formula is C23H23Cl2N5O. The minimum atomic E-state index is -0.246. The highest BCUT2D eigenvalue weighted by Crippen LogP contribution is 2.24. The monoisotopic (exact) mass is 455 g/mol. The number of aromatic nitrogens is 4. The Morgan fingerprint density at radius 2 is 2.06 bits per heavy atom. The van der Waals surface area contributed by atoms with Gasteiger partial charge in [-0.3, -0.25) is 0 Å². The molecule has 0 spiro atoms. The Labute approximate surface area is 190 Å². The molecule has 3 heterocycles. The van der Waals surface area contributed by atoms with E-state index in [4.69, 9.17) is 23.2 Å². The number of benzene rings is 1. The summed E-state index contributed by atoms with van der Waals surface area (Å²) in [6.07, 6.45) is 5.79. The number of H-pyrrole nitrogens is 1. The van der Waals surface area contributed by atoms with Gasteiger partial charge in [-0.15, -0.1) is 0 Å². The van der Waals surface area contributed by atoms with E-state index in [1.165, 1.54) is 4.68 Å². The highest BCUT2D eigenvalue weighted by atomic mass is 35.5. The third-order valence-electron chi connectivity index (χ3n) is 5.44. The number of rotatable bonds is 6. The van der Waals surface area contributed by atoms with Crippen LogP contribution in [0.1, 0.15) is 35.0 Å². The number of nitrogens with one attached hydrogen (secondary N) is 2. The molecule has 0 saturated carbocycles. The summed E-state index contributed by atoms with van der Waals surface area (Å²) in [7, 11) is 0. The van der Waals surface area contributed by atoms with Crippen LogP contribution in [0.15, 0.2) is 42.7 Å². The maximum Gasteiger partial charge on any atom is 0.342 e. The molecule has 4 rings (SSSR count). The standard InChI is InChI=1S/C23H23Cl2N5O/c1-3-21-19(11-16-13-28-22-18(16)5-4-9-26-22)14(2)30(29-21)23(31)27-10-8-15-6-7-17(24)12-20(15)25/h4-7,9,12-13H,3,8,10-11H2,1-2H3,(H,26,28)(H,27,31). The lowest BCUT2D eigenvalue weighted by molar-refractivity contribution is 0.239. The first-order valence-electron chi connectivity index (χ1n) is 10.2. The Hall–Kier alpha value is -2.83. The number of hydrogen-bond donors (Lipinski definition) is 2. The predicted molar refractivity (Wildman–Crippen MR) is 124 cm³/mol. The fourth-order valence-corrected chi connectivity index (χ4v) is 4.26. The fraction of sp³-hybridized carbons (Fsp3) is 0.261. The van der Waals surface area contributed by atoms with Gasteiger partial charge in [0.25, 0.3) is 0 Å². The van der Waals surface area contributed by atoms with Crippen molar-refractivity contribution < 1.29 is 4.79 Å². The van der Waals surface area contributed by atoms with Crippen LogP contribution in [0.3, 0.4) is 0 Å². The number of carbonyl (C=O) groups is 1. The lowest BCUT2D eigenvalue weighted by atomic mass is 10.0. The van der Waals surface area contributed by atoms with Gasteiger partial charge in [-0.25, -0.2) is 9.78 Å². The van der Waals surface area contributed by atoms with Crippen molar-refractivity contribution in [3.8, 4) is 0 Å². The maximum absolute atomic E-state index is 12.8. The Morgan fingerprint density at radius 3 is 2.84 bits per heavy atom. The Morgan fingerprint density at radius 1 is 1.23 bits per heavy atom. The molecule has 1 amide bonds. The molecule has 2 N–H and O–H groups in total. The molecule has 0 saturated heterocycles. The fourth-order valence-electron chi connectivity index (χ4n) is 3.76. The summed E-state index contributed by atoms with van der Waals surface area (Å²) in [5.41, 5.74) is 5.77. The molecule has 31 heavy (non-hydrogen) atoms. The zero-order valence-corrected chi connectivity index (χ0v) is 18.9. The SMILES string of the molecule is CCc1nn(C(=O)NCCc2ccc(Cl)cc2Cl)c(C)c1Cc1c[nH]c2ncccc12. The second-order valence-corrected chi connectivity index (χ2v) is 8.23. The van der Waals surface area contributed by atoms with Crippen molar-refractivity contribution in [1.29, 1.82) is 0 Å². The molecule has 0 unspecified atom stereocenters. The van der Waals surface area contributed by atoms with Gasteiger partial charge in [0.15, 0.2) is 0 Å². The smallest absolute Gasteiger partial charge is 0.342 e. The molecule has 0 bridgehead atoms. The number of halogens is 2. The van der Waals surface area contributed by atoms with Crippen molar-refractivity contribution in [2.45, 2.75) is 33.1 Å². The third kappa shape index (κ3) is 4.45. The van der Waals surface area contributed by atoms with Crippen molar-refractivity contribution in [2.75, 3.05) is 6.54 Å². The number of carbonyl (C=O) groups excluding carboxylic acids is 1. The van der Waals surface area contributed by atoms with Gasteiger partial charge in [0, 0.05) is 52.0 Å². The highest BCUT2D eigenvalue weighted by Gasteiger charge is 2.19. The van der Waals surface area contributed by atoms with Crippen LogP contribution in [0.25, 0.3) is 11.0 Å². The number of hydrogen-bond acceptors (Lipinski definition) is 3. The molecule has 3 aromatic heterocycles. The second-order valence-electron chi connectivity index (χ2n) is 7.38. The van der Waals surface area contributed by atoms with E-state index in [1.54, 1.807) is 18.3 Å². The summed E-state index contributed by atoms with van der Waals surface area (Å²) in [5.74, 6) is 0. The van der Waals surface area contributed by atoms with Gasteiger partial charge in [-0.2, -0.15) is 9.78 Å². The number of aryl methyl sites for hydroxylation is 1. The number of amides is 1. The lowest BCUT2D eigenvalue weighted by Crippen LogP contribution is -2.32. The van der Waals surface area contributed by atoms with Crippen molar-refractivity contribution in [2.24, 2.45) is 0 Å². The number of pyridine rings is 1. The lowest BCUT2D eigenvalue weighted by Gasteiger charge is -2.08. The van der Waals surface area contributed by atoms with Gasteiger partial charge in [-0.1, -0.05) is 36.2 Å². The van der Waals surface area contributed by atoms with Crippen molar-refractivity contribution in [3.63, 3.8) is 0 Å². The molecule has 0 fully saturated rings. The zero-order valence-electron chi connectivity index (χ0n) is 17.4. The summed E-state index contributed by atoms with van der Waals surface area (Å²) >= 11 is 12.2. The molecule has 160 valence electrons. The van der Waals surface area contributed by atoms with Gasteiger partial charge in [0.1, 0.15) is 5.65 Å². The molecule has 0 aliphatic heterocycles. The number of aromatic amines is 1. The first kappa shape index (κ1) is 21.4. The predicted octanol–water partition coefficient (Wildman–Crippen LogP) is 5.33. The van der Waals surface area contributed by atoms with Crippen LogP contribution >= 0.6 is 23.2 Å². The van der Waals surface area contributed by atoms with Crippen LogP contribution in [-0.2, 0) is 19.3 Å². The summed E-state index contributed by atoms with van der Waals surface area (Å²) < 4.78 is 1.46. The molecule has 0 atom stereocenters. The summed E-state index contributed by atoms with van der Waals surface area (Å²) in [6.45, 7) is 4.43. The maximum atomic E-state index is 12.8. The van der Waals surface area contributed by atoms with Gasteiger partial charge < -0.3 is 10.3 Å². The highest BCUT2D eigenvalue weighted by molar-refractivity contribution is 6.35. The van der Waals surface area contributed by atoms with Crippen LogP contribution in [0, 0.1) is 6.92 Å². The molecule has 1 aromatic carbocycles. The Balaban J connectivity index is 1.50. The van der Waals surface area contributed by atoms with E-state index in [2.05, 4.69) is 20.4 Å². The van der Waals surface area contributed by atoms with Crippen molar-refractivity contribution >= 4 is 40.3 Å². The molecule has 8 heteroatoms. The van der Waals surface area contributed by atoms with E-state index >= 15 is 0 Å². The van der Waals surface area contributed by atoms with Crippen LogP contribution < -0.4 is 5.32 Å². The first-order chi connectivity index (χ1) is 15.0. The van der Waals surface area contributed by atoms with Crippen LogP contribution in [0.4, 0.5) is 4.79 Å². The van der Waals surface area contributed by atoms with Gasteiger partial charge >= 0.3 is 6.03 Å². The van der Waals surface area contributed by atoms with E-state index in [-0.39, 0.29) is 6.03 Å². The first-order valence-corrected chi connectivity index (χ1v) is 10.9. The van der Waals surface area contributed by atoms with E-state index < -0.39 is 0 Å². The van der Waals surface area contributed by atoms with Crippen LogP contribution in [-0.4, -0.2) is 32.3 Å². The van der Waals surface area contributed by atoms with Crippen LogP contribution in [0.5, 0.6) is 0 Å². The average molecular weight is 456 g/mol. The second kappa shape index (κ2) is 9.12. The minimum Gasteiger partial charge on any atom is -0.346 e. The summed E-state index contributed by atoms with van der Waals surface area (Å²) in [6, 6.07) is 9.11. The minimum absolute atomic E-state index is 0.246. The van der Waals surface area contributed by atoms with Gasteiger partial charge in [-0.05, 0) is 55.2 Å². The van der Waals surface area contributed by atoms with E-state index in [1.807, 2.05) is 38.2 Å². The van der Waals surface area contributed by atoms with Crippen molar-refractivity contribution in [1.82, 2.24) is 25.1 Å².